The van der Waals surface area contributed by atoms with E-state index < -0.39 is 11.8 Å². The molecule has 0 saturated carbocycles. The normalized spacial score (nSPS) is 12.6. The molecule has 0 aliphatic carbocycles. The van der Waals surface area contributed by atoms with Crippen molar-refractivity contribution in [2.24, 2.45) is 5.41 Å². The van der Waals surface area contributed by atoms with Gasteiger partial charge in [0.05, 0.1) is 17.6 Å². The SMILES string of the molecule is CC(C)(C)c1ccnc(-c2[c-]cccc2)n1.[2H]C([2H])(c1cnnc(-c2[c-]ccc3c2oc2ccccc23)c1)C(C)(C)C.[Ir]. The molecule has 0 bridgehead atoms. The molecule has 0 atom stereocenters. The van der Waals surface area contributed by atoms with Gasteiger partial charge in [0.2, 0.25) is 0 Å². The van der Waals surface area contributed by atoms with Gasteiger partial charge in [-0.05, 0) is 29.5 Å². The van der Waals surface area contributed by atoms with E-state index in [0.717, 1.165) is 33.4 Å². The van der Waals surface area contributed by atoms with Crippen molar-refractivity contribution >= 4 is 21.9 Å². The van der Waals surface area contributed by atoms with E-state index in [1.54, 1.807) is 6.07 Å². The molecule has 6 rings (SSSR count). The number of furan rings is 1. The van der Waals surface area contributed by atoms with E-state index in [2.05, 4.69) is 53.1 Å². The van der Waals surface area contributed by atoms with Gasteiger partial charge in [-0.25, -0.2) is 5.10 Å². The van der Waals surface area contributed by atoms with Crippen LogP contribution in [0.5, 0.6) is 0 Å². The summed E-state index contributed by atoms with van der Waals surface area (Å²) in [5.74, 6) is 0.744. The number of fused-ring (bicyclic) bond motifs is 3. The smallest absolute Gasteiger partial charge is 0.120 e. The van der Waals surface area contributed by atoms with E-state index >= 15 is 0 Å². The molecule has 0 unspecified atom stereocenters. The second kappa shape index (κ2) is 12.4. The van der Waals surface area contributed by atoms with Crippen LogP contribution in [-0.4, -0.2) is 20.2 Å². The first-order chi connectivity index (χ1) is 19.9. The Hall–Kier alpha value is -3.73. The molecule has 0 spiro atoms. The van der Waals surface area contributed by atoms with Gasteiger partial charge in [0.15, 0.2) is 0 Å². The van der Waals surface area contributed by atoms with Crippen molar-refractivity contribution in [3.63, 3.8) is 0 Å². The van der Waals surface area contributed by atoms with E-state index in [0.29, 0.717) is 22.4 Å². The summed E-state index contributed by atoms with van der Waals surface area (Å²) in [7, 11) is 0. The fourth-order valence-corrected chi connectivity index (χ4v) is 4.31. The Labute approximate surface area is 258 Å². The van der Waals surface area contributed by atoms with Crippen LogP contribution >= 0.6 is 0 Å². The number of rotatable bonds is 3. The molecule has 0 N–H and O–H groups in total. The van der Waals surface area contributed by atoms with Crippen molar-refractivity contribution in [3.8, 4) is 22.6 Å². The van der Waals surface area contributed by atoms with Gasteiger partial charge in [0.1, 0.15) is 5.58 Å². The van der Waals surface area contributed by atoms with Crippen LogP contribution < -0.4 is 0 Å². The molecule has 6 heteroatoms. The van der Waals surface area contributed by atoms with Crippen LogP contribution in [-0.2, 0) is 31.9 Å². The van der Waals surface area contributed by atoms with Crippen LogP contribution in [0.15, 0.2) is 89.6 Å². The summed E-state index contributed by atoms with van der Waals surface area (Å²) in [6.45, 7) is 12.1. The average molecular weight is 721 g/mol. The van der Waals surface area contributed by atoms with Crippen molar-refractivity contribution < 1.29 is 27.3 Å². The molecule has 41 heavy (non-hydrogen) atoms. The summed E-state index contributed by atoms with van der Waals surface area (Å²) in [5, 5.41) is 10.3. The van der Waals surface area contributed by atoms with Gasteiger partial charge in [-0.3, -0.25) is 9.97 Å². The van der Waals surface area contributed by atoms with E-state index in [1.165, 1.54) is 6.20 Å². The third-order valence-electron chi connectivity index (χ3n) is 6.14. The zero-order valence-electron chi connectivity index (χ0n) is 26.1. The standard InChI is InChI=1S/C21H19N2O.C14H15N2.Ir/c1-21(2,3)12-14-11-18(23-22-13-14)17-9-6-8-16-15-7-4-5-10-19(15)24-20(16)17;1-14(2,3)12-9-10-15-13(16-12)11-7-5-4-6-8-11;/h4-8,10-11,13H,12H2,1-3H3;4-7,9-10H,1-3H3;/q2*-1;/i12D2;;. The molecule has 0 fully saturated rings. The largest absolute Gasteiger partial charge is 0.501 e. The summed E-state index contributed by atoms with van der Waals surface area (Å²) in [6.07, 6.45) is 1.76. The number of nitrogens with zero attached hydrogens (tertiary/aromatic N) is 4. The van der Waals surface area contributed by atoms with Gasteiger partial charge in [0, 0.05) is 51.2 Å². The monoisotopic (exact) mass is 721 g/mol. The first kappa shape index (κ1) is 27.4. The Morgan fingerprint density at radius 2 is 1.66 bits per heavy atom. The molecule has 1 radical (unpaired) electrons. The van der Waals surface area contributed by atoms with E-state index in [-0.39, 0.29) is 25.5 Å². The molecule has 6 aromatic rings. The van der Waals surface area contributed by atoms with Gasteiger partial charge >= 0.3 is 0 Å². The maximum atomic E-state index is 8.49. The Bertz CT molecular complexity index is 1840. The van der Waals surface area contributed by atoms with Crippen molar-refractivity contribution in [3.05, 3.63) is 109 Å². The fraction of sp³-hybridized carbons (Fsp3) is 0.257. The van der Waals surface area contributed by atoms with Gasteiger partial charge in [-0.15, -0.1) is 54.1 Å². The van der Waals surface area contributed by atoms with Crippen LogP contribution in [0.4, 0.5) is 0 Å². The van der Waals surface area contributed by atoms with Gasteiger partial charge in [0.25, 0.3) is 0 Å². The number of hydrogen-bond acceptors (Lipinski definition) is 5. The molecule has 211 valence electrons. The quantitative estimate of drug-likeness (QED) is 0.171. The summed E-state index contributed by atoms with van der Waals surface area (Å²) in [5.41, 5.74) is 4.71. The van der Waals surface area contributed by atoms with E-state index in [1.807, 2.05) is 93.7 Å². The predicted octanol–water partition coefficient (Wildman–Crippen LogP) is 8.67. The maximum absolute atomic E-state index is 8.49. The van der Waals surface area contributed by atoms with Crippen LogP contribution in [0.25, 0.3) is 44.6 Å². The first-order valence-corrected chi connectivity index (χ1v) is 13.3. The van der Waals surface area contributed by atoms with E-state index in [4.69, 9.17) is 7.16 Å². The molecule has 3 aromatic carbocycles. The Morgan fingerprint density at radius 3 is 2.39 bits per heavy atom. The minimum Gasteiger partial charge on any atom is -0.501 e. The number of benzene rings is 3. The first-order valence-electron chi connectivity index (χ1n) is 14.3. The second-order valence-electron chi connectivity index (χ2n) is 11.7. The van der Waals surface area contributed by atoms with Crippen molar-refractivity contribution in [1.82, 2.24) is 20.2 Å². The van der Waals surface area contributed by atoms with Gasteiger partial charge in [-0.1, -0.05) is 76.8 Å². The molecule has 0 amide bonds. The molecule has 0 aliphatic rings. The maximum Gasteiger partial charge on any atom is 0.120 e. The fourth-order valence-electron chi connectivity index (χ4n) is 4.31. The van der Waals surface area contributed by atoms with Crippen molar-refractivity contribution in [2.75, 3.05) is 0 Å². The molecule has 3 aromatic heterocycles. The summed E-state index contributed by atoms with van der Waals surface area (Å²) >= 11 is 0. The zero-order valence-corrected chi connectivity index (χ0v) is 26.5. The topological polar surface area (TPSA) is 64.7 Å². The molecular weight excluding hydrogens is 685 g/mol. The van der Waals surface area contributed by atoms with Crippen LogP contribution in [0.3, 0.4) is 0 Å². The molecular formula is C35H34IrN4O-2. The van der Waals surface area contributed by atoms with Crippen LogP contribution in [0.2, 0.25) is 0 Å². The van der Waals surface area contributed by atoms with E-state index in [9.17, 15) is 0 Å². The molecule has 0 aliphatic heterocycles. The van der Waals surface area contributed by atoms with Gasteiger partial charge in [-0.2, -0.15) is 5.10 Å². The Morgan fingerprint density at radius 1 is 0.878 bits per heavy atom. The third-order valence-corrected chi connectivity index (χ3v) is 6.14. The van der Waals surface area contributed by atoms with Gasteiger partial charge < -0.3 is 4.42 Å². The zero-order chi connectivity index (χ0) is 30.1. The molecule has 0 saturated heterocycles. The Kier molecular flexibility index (Phi) is 8.31. The minimum absolute atomic E-state index is 0. The number of aromatic nitrogens is 4. The summed E-state index contributed by atoms with van der Waals surface area (Å²) in [4.78, 5) is 8.85. The summed E-state index contributed by atoms with van der Waals surface area (Å²) < 4.78 is 23.0. The summed E-state index contributed by atoms with van der Waals surface area (Å²) in [6, 6.07) is 29.5. The number of hydrogen-bond donors (Lipinski definition) is 0. The van der Waals surface area contributed by atoms with Crippen molar-refractivity contribution in [2.45, 2.75) is 53.3 Å². The number of para-hydroxylation sites is 1. The molecule has 3 heterocycles. The third kappa shape index (κ3) is 7.32. The van der Waals surface area contributed by atoms with Crippen LogP contribution in [0, 0.1) is 17.5 Å². The average Bonchev–Trinajstić information content (AvgIpc) is 3.36. The second-order valence-corrected chi connectivity index (χ2v) is 11.7. The Balaban J connectivity index is 0.000000215. The van der Waals surface area contributed by atoms with Crippen LogP contribution in [0.1, 0.15) is 55.5 Å². The van der Waals surface area contributed by atoms with Crippen molar-refractivity contribution in [1.29, 1.82) is 0 Å². The predicted molar refractivity (Wildman–Crippen MR) is 162 cm³/mol. The molecule has 5 nitrogen and oxygen atoms in total. The minimum atomic E-state index is -1.54.